The van der Waals surface area contributed by atoms with E-state index in [4.69, 9.17) is 4.74 Å². The number of ether oxygens (including phenoxy) is 1. The van der Waals surface area contributed by atoms with E-state index in [1.807, 2.05) is 67.6 Å². The molecule has 0 radical (unpaired) electrons. The normalized spacial score (nSPS) is 10.8. The van der Waals surface area contributed by atoms with Crippen LogP contribution in [0.3, 0.4) is 0 Å². The van der Waals surface area contributed by atoms with E-state index in [-0.39, 0.29) is 11.5 Å². The summed E-state index contributed by atoms with van der Waals surface area (Å²) in [6.45, 7) is 2.45. The quantitative estimate of drug-likeness (QED) is 0.365. The van der Waals surface area contributed by atoms with Crippen LogP contribution in [0.2, 0.25) is 0 Å². The molecule has 0 aliphatic heterocycles. The summed E-state index contributed by atoms with van der Waals surface area (Å²) >= 11 is 0. The van der Waals surface area contributed by atoms with Gasteiger partial charge in [0, 0.05) is 11.1 Å². The molecule has 3 aromatic carbocycles. The molecule has 2 N–H and O–H groups in total. The number of fused-ring (bicyclic) bond motifs is 1. The minimum absolute atomic E-state index is 0.0478. The minimum Gasteiger partial charge on any atom is -0.493 e. The molecule has 0 saturated heterocycles. The van der Waals surface area contributed by atoms with Gasteiger partial charge < -0.3 is 4.74 Å². The molecule has 7 nitrogen and oxygen atoms in total. The largest absolute Gasteiger partial charge is 0.493 e. The van der Waals surface area contributed by atoms with Crippen molar-refractivity contribution in [3.63, 3.8) is 0 Å². The Balaban J connectivity index is 1.71. The van der Waals surface area contributed by atoms with E-state index in [2.05, 4.69) is 20.5 Å². The van der Waals surface area contributed by atoms with Crippen molar-refractivity contribution in [3.8, 4) is 23.1 Å². The molecule has 4 aromatic rings. The third-order valence-corrected chi connectivity index (χ3v) is 4.67. The fourth-order valence-electron chi connectivity index (χ4n) is 3.28. The summed E-state index contributed by atoms with van der Waals surface area (Å²) < 4.78 is 5.75. The fraction of sp³-hybridized carbons (Fsp3) is 0.0833. The Morgan fingerprint density at radius 2 is 1.90 bits per heavy atom. The lowest BCUT2D eigenvalue weighted by Crippen LogP contribution is -2.16. The Morgan fingerprint density at radius 1 is 1.13 bits per heavy atom. The first-order valence-electron chi connectivity index (χ1n) is 9.74. The molecule has 0 spiro atoms. The molecule has 152 valence electrons. The molecule has 1 aromatic heterocycles. The number of hydrogen-bond acceptors (Lipinski definition) is 6. The number of nitrogens with zero attached hydrogens (tertiary/aromatic N) is 3. The molecule has 0 bridgehead atoms. The van der Waals surface area contributed by atoms with Crippen LogP contribution in [0, 0.1) is 11.3 Å². The van der Waals surface area contributed by atoms with E-state index >= 15 is 0 Å². The molecule has 0 atom stereocenters. The number of aromatic amines is 1. The van der Waals surface area contributed by atoms with Crippen LogP contribution >= 0.6 is 0 Å². The lowest BCUT2D eigenvalue weighted by Gasteiger charge is -2.10. The molecule has 0 fully saturated rings. The van der Waals surface area contributed by atoms with Gasteiger partial charge in [-0.3, -0.25) is 9.78 Å². The molecule has 7 heteroatoms. The number of nitriles is 1. The van der Waals surface area contributed by atoms with Crippen LogP contribution < -0.4 is 15.7 Å². The maximum Gasteiger partial charge on any atom is 0.270 e. The molecular formula is C24H19N5O2. The predicted octanol–water partition coefficient (Wildman–Crippen LogP) is 4.31. The molecule has 0 unspecified atom stereocenters. The number of nitrogens with one attached hydrogen (secondary N) is 2. The standard InChI is InChI=1S/C24H19N5O2/c1-2-31-21-13-12-16-8-6-7-11-18(16)20(21)15-26-29-24-27-22(17-9-4-3-5-10-17)19(14-25)23(30)28-24/h3-13,15H,2H2,1H3,(H2,27,28,29,30). The van der Waals surface area contributed by atoms with Gasteiger partial charge in [-0.25, -0.2) is 10.4 Å². The van der Waals surface area contributed by atoms with E-state index < -0.39 is 5.56 Å². The first kappa shape index (κ1) is 19.9. The Labute approximate surface area is 178 Å². The molecule has 0 aliphatic rings. The van der Waals surface area contributed by atoms with E-state index in [1.165, 1.54) is 0 Å². The van der Waals surface area contributed by atoms with Crippen LogP contribution in [0.4, 0.5) is 5.95 Å². The molecular weight excluding hydrogens is 390 g/mol. The van der Waals surface area contributed by atoms with Crippen molar-refractivity contribution in [2.75, 3.05) is 12.0 Å². The second kappa shape index (κ2) is 8.93. The fourth-order valence-corrected chi connectivity index (χ4v) is 3.28. The molecule has 31 heavy (non-hydrogen) atoms. The van der Waals surface area contributed by atoms with Gasteiger partial charge in [0.1, 0.15) is 17.4 Å². The number of benzene rings is 3. The zero-order valence-electron chi connectivity index (χ0n) is 16.8. The Morgan fingerprint density at radius 3 is 2.68 bits per heavy atom. The second-order valence-electron chi connectivity index (χ2n) is 6.62. The van der Waals surface area contributed by atoms with E-state index in [1.54, 1.807) is 18.3 Å². The third kappa shape index (κ3) is 4.14. The zero-order valence-corrected chi connectivity index (χ0v) is 16.8. The van der Waals surface area contributed by atoms with Crippen LogP contribution in [-0.2, 0) is 0 Å². The van der Waals surface area contributed by atoms with E-state index in [0.717, 1.165) is 16.3 Å². The number of anilines is 1. The first-order valence-corrected chi connectivity index (χ1v) is 9.74. The number of rotatable bonds is 6. The topological polar surface area (TPSA) is 103 Å². The summed E-state index contributed by atoms with van der Waals surface area (Å²) in [4.78, 5) is 19.3. The van der Waals surface area contributed by atoms with Gasteiger partial charge in [0.15, 0.2) is 0 Å². The third-order valence-electron chi connectivity index (χ3n) is 4.67. The van der Waals surface area contributed by atoms with Crippen LogP contribution in [-0.4, -0.2) is 22.8 Å². The SMILES string of the molecule is CCOc1ccc2ccccc2c1C=NNc1nc(-c2ccccc2)c(C#N)c(=O)[nH]1. The highest BCUT2D eigenvalue weighted by Crippen LogP contribution is 2.27. The van der Waals surface area contributed by atoms with Crippen molar-refractivity contribution in [2.24, 2.45) is 5.10 Å². The van der Waals surface area contributed by atoms with Gasteiger partial charge in [0.05, 0.1) is 18.5 Å². The summed E-state index contributed by atoms with van der Waals surface area (Å²) in [7, 11) is 0. The number of aromatic nitrogens is 2. The summed E-state index contributed by atoms with van der Waals surface area (Å²) in [6.07, 6.45) is 1.63. The second-order valence-corrected chi connectivity index (χ2v) is 6.62. The van der Waals surface area contributed by atoms with Gasteiger partial charge in [0.2, 0.25) is 5.95 Å². The van der Waals surface area contributed by atoms with Crippen molar-refractivity contribution in [2.45, 2.75) is 6.92 Å². The molecule has 4 rings (SSSR count). The smallest absolute Gasteiger partial charge is 0.270 e. The van der Waals surface area contributed by atoms with Crippen molar-refractivity contribution in [1.82, 2.24) is 9.97 Å². The van der Waals surface area contributed by atoms with Crippen molar-refractivity contribution >= 4 is 22.9 Å². The van der Waals surface area contributed by atoms with Gasteiger partial charge in [-0.1, -0.05) is 60.7 Å². The van der Waals surface area contributed by atoms with Crippen molar-refractivity contribution in [3.05, 3.63) is 88.2 Å². The molecule has 0 aliphatic carbocycles. The van der Waals surface area contributed by atoms with Gasteiger partial charge >= 0.3 is 0 Å². The van der Waals surface area contributed by atoms with Crippen LogP contribution in [0.1, 0.15) is 18.1 Å². The number of hydrogen-bond donors (Lipinski definition) is 2. The zero-order chi connectivity index (χ0) is 21.6. The predicted molar refractivity (Wildman–Crippen MR) is 121 cm³/mol. The Kier molecular flexibility index (Phi) is 5.72. The monoisotopic (exact) mass is 409 g/mol. The Hall–Kier alpha value is -4.44. The molecule has 0 saturated carbocycles. The van der Waals surface area contributed by atoms with Crippen LogP contribution in [0.25, 0.3) is 22.0 Å². The number of H-pyrrole nitrogens is 1. The summed E-state index contributed by atoms with van der Waals surface area (Å²) in [5.74, 6) is 0.843. The molecule has 0 amide bonds. The number of hydrazone groups is 1. The Bertz CT molecular complexity index is 1350. The summed E-state index contributed by atoms with van der Waals surface area (Å²) in [6, 6.07) is 22.8. The van der Waals surface area contributed by atoms with Gasteiger partial charge in [-0.05, 0) is 23.8 Å². The van der Waals surface area contributed by atoms with Gasteiger partial charge in [-0.2, -0.15) is 10.4 Å². The minimum atomic E-state index is -0.533. The van der Waals surface area contributed by atoms with Crippen molar-refractivity contribution in [1.29, 1.82) is 5.26 Å². The lowest BCUT2D eigenvalue weighted by atomic mass is 10.0. The highest BCUT2D eigenvalue weighted by Gasteiger charge is 2.13. The van der Waals surface area contributed by atoms with Crippen LogP contribution in [0.15, 0.2) is 76.6 Å². The molecule has 1 heterocycles. The average molecular weight is 409 g/mol. The average Bonchev–Trinajstić information content (AvgIpc) is 2.80. The summed E-state index contributed by atoms with van der Waals surface area (Å²) in [5, 5.41) is 15.7. The van der Waals surface area contributed by atoms with Crippen LogP contribution in [0.5, 0.6) is 5.75 Å². The lowest BCUT2D eigenvalue weighted by molar-refractivity contribution is 0.340. The highest BCUT2D eigenvalue weighted by atomic mass is 16.5. The highest BCUT2D eigenvalue weighted by molar-refractivity contribution is 6.02. The van der Waals surface area contributed by atoms with E-state index in [9.17, 15) is 10.1 Å². The van der Waals surface area contributed by atoms with Gasteiger partial charge in [-0.15, -0.1) is 0 Å². The van der Waals surface area contributed by atoms with E-state index in [0.29, 0.717) is 23.6 Å². The first-order chi connectivity index (χ1) is 15.2. The maximum atomic E-state index is 12.4. The maximum absolute atomic E-state index is 12.4. The summed E-state index contributed by atoms with van der Waals surface area (Å²) in [5.41, 5.74) is 3.97. The van der Waals surface area contributed by atoms with Gasteiger partial charge in [0.25, 0.3) is 5.56 Å². The van der Waals surface area contributed by atoms with Crippen molar-refractivity contribution < 1.29 is 4.74 Å².